The van der Waals surface area contributed by atoms with Gasteiger partial charge in [0, 0.05) is 36.6 Å². The second-order valence-corrected chi connectivity index (χ2v) is 6.36. The van der Waals surface area contributed by atoms with Gasteiger partial charge in [0.1, 0.15) is 11.6 Å². The van der Waals surface area contributed by atoms with Gasteiger partial charge in [-0.15, -0.1) is 0 Å². The van der Waals surface area contributed by atoms with Crippen LogP contribution in [0.5, 0.6) is 5.75 Å². The molecule has 2 N–H and O–H groups in total. The summed E-state index contributed by atoms with van der Waals surface area (Å²) in [5.74, 6) is 2.43. The number of benzene rings is 1. The quantitative estimate of drug-likeness (QED) is 0.662. The van der Waals surface area contributed by atoms with Crippen molar-refractivity contribution in [3.05, 3.63) is 54.2 Å². The number of aromatic amines is 1. The molecular formula is C19H25N5O. The Morgan fingerprint density at radius 3 is 2.76 bits per heavy atom. The second kappa shape index (κ2) is 7.98. The van der Waals surface area contributed by atoms with Crippen LogP contribution in [-0.4, -0.2) is 33.4 Å². The molecule has 0 amide bonds. The Morgan fingerprint density at radius 1 is 1.28 bits per heavy atom. The van der Waals surface area contributed by atoms with E-state index in [9.17, 15) is 0 Å². The predicted octanol–water partition coefficient (Wildman–Crippen LogP) is 3.02. The lowest BCUT2D eigenvalue weighted by atomic mass is 10.1. The fraction of sp³-hybridized carbons (Fsp3) is 0.368. The van der Waals surface area contributed by atoms with E-state index in [0.29, 0.717) is 5.92 Å². The maximum atomic E-state index is 5.21. The molecule has 0 aliphatic rings. The van der Waals surface area contributed by atoms with Crippen molar-refractivity contribution in [2.24, 2.45) is 5.92 Å². The van der Waals surface area contributed by atoms with Crippen LogP contribution >= 0.6 is 0 Å². The third kappa shape index (κ3) is 4.28. The average Bonchev–Trinajstić information content (AvgIpc) is 3.24. The fourth-order valence-corrected chi connectivity index (χ4v) is 2.90. The molecule has 1 unspecified atom stereocenters. The number of imidazole rings is 1. The van der Waals surface area contributed by atoms with Gasteiger partial charge in [-0.1, -0.05) is 6.92 Å². The summed E-state index contributed by atoms with van der Waals surface area (Å²) >= 11 is 0. The lowest BCUT2D eigenvalue weighted by Crippen LogP contribution is -2.24. The standard InChI is InChI=1S/C19H25N5O/c1-14(13-24-9-8-21-15(24)2)10-20-11-17-12-22-23-19(17)16-4-6-18(25-3)7-5-16/h4-9,12,14,20H,10-11,13H2,1-3H3,(H,22,23). The van der Waals surface area contributed by atoms with Crippen LogP contribution in [-0.2, 0) is 13.1 Å². The molecule has 3 aromatic rings. The van der Waals surface area contributed by atoms with Crippen LogP contribution in [0.15, 0.2) is 42.9 Å². The SMILES string of the molecule is COc1ccc(-c2[nH]ncc2CNCC(C)Cn2ccnc2C)cc1. The van der Waals surface area contributed by atoms with E-state index in [1.165, 1.54) is 0 Å². The minimum absolute atomic E-state index is 0.518. The molecule has 0 saturated heterocycles. The first-order chi connectivity index (χ1) is 12.2. The summed E-state index contributed by atoms with van der Waals surface area (Å²) in [5.41, 5.74) is 3.32. The highest BCUT2D eigenvalue weighted by Crippen LogP contribution is 2.23. The van der Waals surface area contributed by atoms with Crippen molar-refractivity contribution in [2.75, 3.05) is 13.7 Å². The van der Waals surface area contributed by atoms with Gasteiger partial charge in [-0.25, -0.2) is 4.98 Å². The number of hydrogen-bond acceptors (Lipinski definition) is 4. The maximum absolute atomic E-state index is 5.21. The topological polar surface area (TPSA) is 67.8 Å². The molecule has 2 aromatic heterocycles. The second-order valence-electron chi connectivity index (χ2n) is 6.36. The summed E-state index contributed by atoms with van der Waals surface area (Å²) in [4.78, 5) is 4.27. The molecule has 0 fully saturated rings. The van der Waals surface area contributed by atoms with Crippen molar-refractivity contribution in [1.82, 2.24) is 25.1 Å². The number of aryl methyl sites for hydroxylation is 1. The lowest BCUT2D eigenvalue weighted by Gasteiger charge is -2.14. The van der Waals surface area contributed by atoms with Crippen molar-refractivity contribution in [3.63, 3.8) is 0 Å². The molecule has 0 saturated carbocycles. The summed E-state index contributed by atoms with van der Waals surface area (Å²) in [6.07, 6.45) is 5.77. The van der Waals surface area contributed by atoms with Gasteiger partial charge >= 0.3 is 0 Å². The summed E-state index contributed by atoms with van der Waals surface area (Å²) in [5, 5.41) is 10.8. The number of H-pyrrole nitrogens is 1. The van der Waals surface area contributed by atoms with Crippen molar-refractivity contribution in [3.8, 4) is 17.0 Å². The molecule has 25 heavy (non-hydrogen) atoms. The minimum atomic E-state index is 0.518. The first-order valence-corrected chi connectivity index (χ1v) is 8.52. The normalized spacial score (nSPS) is 12.3. The van der Waals surface area contributed by atoms with E-state index in [-0.39, 0.29) is 0 Å². The van der Waals surface area contributed by atoms with Gasteiger partial charge in [-0.2, -0.15) is 5.10 Å². The maximum Gasteiger partial charge on any atom is 0.118 e. The van der Waals surface area contributed by atoms with Crippen LogP contribution < -0.4 is 10.1 Å². The third-order valence-electron chi connectivity index (χ3n) is 4.34. The van der Waals surface area contributed by atoms with E-state index in [4.69, 9.17) is 4.74 Å². The molecule has 0 aliphatic carbocycles. The molecule has 0 bridgehead atoms. The molecule has 0 radical (unpaired) electrons. The van der Waals surface area contributed by atoms with E-state index in [1.54, 1.807) is 7.11 Å². The van der Waals surface area contributed by atoms with Crippen molar-refractivity contribution < 1.29 is 4.74 Å². The molecule has 0 spiro atoms. The van der Waals surface area contributed by atoms with Crippen molar-refractivity contribution >= 4 is 0 Å². The van der Waals surface area contributed by atoms with E-state index >= 15 is 0 Å². The van der Waals surface area contributed by atoms with Crippen LogP contribution in [0.25, 0.3) is 11.3 Å². The number of nitrogens with zero attached hydrogens (tertiary/aromatic N) is 3. The highest BCUT2D eigenvalue weighted by Gasteiger charge is 2.09. The van der Waals surface area contributed by atoms with Crippen molar-refractivity contribution in [2.45, 2.75) is 26.9 Å². The van der Waals surface area contributed by atoms with Gasteiger partial charge in [-0.05, 0) is 43.7 Å². The van der Waals surface area contributed by atoms with Crippen LogP contribution in [0.3, 0.4) is 0 Å². The summed E-state index contributed by atoms with van der Waals surface area (Å²) in [7, 11) is 1.67. The smallest absolute Gasteiger partial charge is 0.118 e. The number of hydrogen-bond donors (Lipinski definition) is 2. The highest BCUT2D eigenvalue weighted by atomic mass is 16.5. The van der Waals surface area contributed by atoms with Crippen LogP contribution in [0.1, 0.15) is 18.3 Å². The predicted molar refractivity (Wildman–Crippen MR) is 98.4 cm³/mol. The molecule has 2 heterocycles. The number of ether oxygens (including phenoxy) is 1. The molecule has 1 atom stereocenters. The molecule has 0 aliphatic heterocycles. The molecule has 3 rings (SSSR count). The van der Waals surface area contributed by atoms with Crippen LogP contribution in [0.4, 0.5) is 0 Å². The Kier molecular flexibility index (Phi) is 5.50. The monoisotopic (exact) mass is 339 g/mol. The Labute approximate surface area is 148 Å². The van der Waals surface area contributed by atoms with E-state index < -0.39 is 0 Å². The van der Waals surface area contributed by atoms with Crippen LogP contribution in [0, 0.1) is 12.8 Å². The molecular weight excluding hydrogens is 314 g/mol. The van der Waals surface area contributed by atoms with Crippen LogP contribution in [0.2, 0.25) is 0 Å². The molecule has 132 valence electrons. The summed E-state index contributed by atoms with van der Waals surface area (Å²) in [6, 6.07) is 8.01. The highest BCUT2D eigenvalue weighted by molar-refractivity contribution is 5.63. The average molecular weight is 339 g/mol. The number of aromatic nitrogens is 4. The molecule has 1 aromatic carbocycles. The molecule has 6 heteroatoms. The Balaban J connectivity index is 1.55. The Bertz CT molecular complexity index is 790. The Morgan fingerprint density at radius 2 is 2.08 bits per heavy atom. The zero-order chi connectivity index (χ0) is 17.6. The van der Waals surface area contributed by atoms with E-state index in [0.717, 1.165) is 48.0 Å². The third-order valence-corrected chi connectivity index (χ3v) is 4.34. The summed E-state index contributed by atoms with van der Waals surface area (Å²) < 4.78 is 7.40. The van der Waals surface area contributed by atoms with Crippen molar-refractivity contribution in [1.29, 1.82) is 0 Å². The van der Waals surface area contributed by atoms with Gasteiger partial charge < -0.3 is 14.6 Å². The van der Waals surface area contributed by atoms with E-state index in [1.807, 2.05) is 49.8 Å². The fourth-order valence-electron chi connectivity index (χ4n) is 2.90. The number of nitrogens with one attached hydrogen (secondary N) is 2. The van der Waals surface area contributed by atoms with Gasteiger partial charge in [0.05, 0.1) is 19.0 Å². The first-order valence-electron chi connectivity index (χ1n) is 8.52. The number of rotatable bonds is 8. The number of methoxy groups -OCH3 is 1. The minimum Gasteiger partial charge on any atom is -0.497 e. The zero-order valence-corrected chi connectivity index (χ0v) is 15.0. The lowest BCUT2D eigenvalue weighted by molar-refractivity contribution is 0.415. The van der Waals surface area contributed by atoms with Gasteiger partial charge in [0.2, 0.25) is 0 Å². The van der Waals surface area contributed by atoms with E-state index in [2.05, 4.69) is 32.0 Å². The molecule has 6 nitrogen and oxygen atoms in total. The van der Waals surface area contributed by atoms with Gasteiger partial charge in [-0.3, -0.25) is 5.10 Å². The zero-order valence-electron chi connectivity index (χ0n) is 15.0. The first kappa shape index (κ1) is 17.2. The summed E-state index contributed by atoms with van der Waals surface area (Å²) in [6.45, 7) is 6.96. The largest absolute Gasteiger partial charge is 0.497 e. The Hall–Kier alpha value is -2.60. The van der Waals surface area contributed by atoms with Gasteiger partial charge in [0.25, 0.3) is 0 Å². The van der Waals surface area contributed by atoms with Gasteiger partial charge in [0.15, 0.2) is 0 Å².